The van der Waals surface area contributed by atoms with E-state index in [1.807, 2.05) is 20.8 Å². The van der Waals surface area contributed by atoms with Crippen LogP contribution in [0.15, 0.2) is 18.2 Å². The van der Waals surface area contributed by atoms with Crippen molar-refractivity contribution >= 4 is 11.6 Å². The van der Waals surface area contributed by atoms with Crippen molar-refractivity contribution in [3.63, 3.8) is 0 Å². The Bertz CT molecular complexity index is 501. The lowest BCUT2D eigenvalue weighted by Crippen LogP contribution is -2.33. The van der Waals surface area contributed by atoms with Gasteiger partial charge in [-0.05, 0) is 24.0 Å². The van der Waals surface area contributed by atoms with Gasteiger partial charge in [-0.1, -0.05) is 20.8 Å². The van der Waals surface area contributed by atoms with E-state index in [1.165, 1.54) is 6.07 Å². The Kier molecular flexibility index (Phi) is 4.58. The summed E-state index contributed by atoms with van der Waals surface area (Å²) in [5.41, 5.74) is -0.663. The summed E-state index contributed by atoms with van der Waals surface area (Å²) in [5, 5.41) is 13.3. The van der Waals surface area contributed by atoms with Gasteiger partial charge in [-0.3, -0.25) is 14.9 Å². The first kappa shape index (κ1) is 15.1. The SMILES string of the molecule is CCC(C)(C)CNC(=O)c1ccc(F)c([N+](=O)[O-])c1. The smallest absolute Gasteiger partial charge is 0.305 e. The van der Waals surface area contributed by atoms with Gasteiger partial charge >= 0.3 is 5.69 Å². The van der Waals surface area contributed by atoms with E-state index in [2.05, 4.69) is 5.32 Å². The number of hydrogen-bond donors (Lipinski definition) is 1. The number of hydrogen-bond acceptors (Lipinski definition) is 3. The highest BCUT2D eigenvalue weighted by molar-refractivity contribution is 5.94. The molecule has 1 amide bonds. The van der Waals surface area contributed by atoms with Crippen molar-refractivity contribution in [1.29, 1.82) is 0 Å². The van der Waals surface area contributed by atoms with E-state index >= 15 is 0 Å². The molecule has 0 fully saturated rings. The fraction of sp³-hybridized carbons (Fsp3) is 0.462. The molecule has 0 atom stereocenters. The van der Waals surface area contributed by atoms with Crippen molar-refractivity contribution in [2.45, 2.75) is 27.2 Å². The Balaban J connectivity index is 2.84. The molecule has 0 aliphatic carbocycles. The zero-order valence-corrected chi connectivity index (χ0v) is 11.2. The summed E-state index contributed by atoms with van der Waals surface area (Å²) in [6, 6.07) is 3.11. The third kappa shape index (κ3) is 4.01. The van der Waals surface area contributed by atoms with Crippen LogP contribution in [0.25, 0.3) is 0 Å². The predicted molar refractivity (Wildman–Crippen MR) is 69.5 cm³/mol. The van der Waals surface area contributed by atoms with E-state index < -0.39 is 22.3 Å². The summed E-state index contributed by atoms with van der Waals surface area (Å²) in [5.74, 6) is -1.39. The molecule has 0 radical (unpaired) electrons. The highest BCUT2D eigenvalue weighted by Crippen LogP contribution is 2.20. The molecule has 0 unspecified atom stereocenters. The number of amides is 1. The first-order valence-electron chi connectivity index (χ1n) is 5.99. The van der Waals surface area contributed by atoms with Crippen LogP contribution in [-0.4, -0.2) is 17.4 Å². The van der Waals surface area contributed by atoms with E-state index in [1.54, 1.807) is 0 Å². The summed E-state index contributed by atoms with van der Waals surface area (Å²) in [7, 11) is 0. The fourth-order valence-corrected chi connectivity index (χ4v) is 1.34. The van der Waals surface area contributed by atoms with Crippen molar-refractivity contribution in [1.82, 2.24) is 5.32 Å². The molecule has 0 spiro atoms. The average Bonchev–Trinajstić information content (AvgIpc) is 2.36. The van der Waals surface area contributed by atoms with Gasteiger partial charge in [0.1, 0.15) is 0 Å². The van der Waals surface area contributed by atoms with Crippen molar-refractivity contribution < 1.29 is 14.1 Å². The van der Waals surface area contributed by atoms with E-state index in [-0.39, 0.29) is 11.0 Å². The molecule has 0 aromatic heterocycles. The maximum absolute atomic E-state index is 13.1. The molecule has 0 aliphatic rings. The van der Waals surface area contributed by atoms with Crippen LogP contribution in [0.1, 0.15) is 37.6 Å². The Morgan fingerprint density at radius 3 is 2.63 bits per heavy atom. The van der Waals surface area contributed by atoms with Crippen LogP contribution in [0.4, 0.5) is 10.1 Å². The normalized spacial score (nSPS) is 11.2. The highest BCUT2D eigenvalue weighted by atomic mass is 19.1. The number of rotatable bonds is 5. The first-order valence-corrected chi connectivity index (χ1v) is 5.99. The summed E-state index contributed by atoms with van der Waals surface area (Å²) < 4.78 is 13.1. The maximum atomic E-state index is 13.1. The van der Waals surface area contributed by atoms with Gasteiger partial charge in [0.15, 0.2) is 0 Å². The third-order valence-electron chi connectivity index (χ3n) is 3.09. The fourth-order valence-electron chi connectivity index (χ4n) is 1.34. The standard InChI is InChI=1S/C13H17FN2O3/c1-4-13(2,3)8-15-12(17)9-5-6-10(14)11(7-9)16(18)19/h5-7H,4,8H2,1-3H3,(H,15,17). The number of nitro benzene ring substituents is 1. The van der Waals surface area contributed by atoms with Gasteiger partial charge in [-0.15, -0.1) is 0 Å². The summed E-state index contributed by atoms with van der Waals surface area (Å²) in [6.07, 6.45) is 0.886. The van der Waals surface area contributed by atoms with E-state index in [4.69, 9.17) is 0 Å². The molecule has 5 nitrogen and oxygen atoms in total. The Morgan fingerprint density at radius 2 is 2.11 bits per heavy atom. The summed E-state index contributed by atoms with van der Waals surface area (Å²) in [6.45, 7) is 6.46. The number of benzene rings is 1. The number of nitro groups is 1. The van der Waals surface area contributed by atoms with Gasteiger partial charge in [0.05, 0.1) is 4.92 Å². The van der Waals surface area contributed by atoms with Crippen LogP contribution >= 0.6 is 0 Å². The molecule has 0 bridgehead atoms. The van der Waals surface area contributed by atoms with Gasteiger partial charge in [-0.25, -0.2) is 0 Å². The molecule has 6 heteroatoms. The van der Waals surface area contributed by atoms with Crippen molar-refractivity contribution in [3.05, 3.63) is 39.7 Å². The Morgan fingerprint density at radius 1 is 1.47 bits per heavy atom. The average molecular weight is 268 g/mol. The van der Waals surface area contributed by atoms with E-state index in [9.17, 15) is 19.3 Å². The van der Waals surface area contributed by atoms with E-state index in [0.717, 1.165) is 18.6 Å². The predicted octanol–water partition coefficient (Wildman–Crippen LogP) is 2.90. The number of nitrogens with zero attached hydrogens (tertiary/aromatic N) is 1. The highest BCUT2D eigenvalue weighted by Gasteiger charge is 2.20. The van der Waals surface area contributed by atoms with Crippen LogP contribution in [0, 0.1) is 21.3 Å². The van der Waals surface area contributed by atoms with Crippen molar-refractivity contribution in [2.75, 3.05) is 6.54 Å². The van der Waals surface area contributed by atoms with Gasteiger partial charge < -0.3 is 5.32 Å². The quantitative estimate of drug-likeness (QED) is 0.659. The second-order valence-corrected chi connectivity index (χ2v) is 5.12. The van der Waals surface area contributed by atoms with Crippen LogP contribution < -0.4 is 5.32 Å². The van der Waals surface area contributed by atoms with Crippen molar-refractivity contribution in [3.8, 4) is 0 Å². The number of nitrogens with one attached hydrogen (secondary N) is 1. The Hall–Kier alpha value is -1.98. The van der Waals surface area contributed by atoms with Gasteiger partial charge in [-0.2, -0.15) is 4.39 Å². The van der Waals surface area contributed by atoms with Gasteiger partial charge in [0.2, 0.25) is 5.82 Å². The lowest BCUT2D eigenvalue weighted by atomic mass is 9.90. The lowest BCUT2D eigenvalue weighted by molar-refractivity contribution is -0.387. The number of carbonyl (C=O) groups is 1. The minimum Gasteiger partial charge on any atom is -0.351 e. The second-order valence-electron chi connectivity index (χ2n) is 5.12. The maximum Gasteiger partial charge on any atom is 0.305 e. The summed E-state index contributed by atoms with van der Waals surface area (Å²) >= 11 is 0. The monoisotopic (exact) mass is 268 g/mol. The zero-order valence-electron chi connectivity index (χ0n) is 11.2. The Labute approximate surface area is 111 Å². The second kappa shape index (κ2) is 5.77. The van der Waals surface area contributed by atoms with Crippen LogP contribution in [0.2, 0.25) is 0 Å². The molecule has 1 rings (SSSR count). The largest absolute Gasteiger partial charge is 0.351 e. The molecule has 0 aliphatic heterocycles. The molecule has 0 heterocycles. The van der Waals surface area contributed by atoms with Crippen LogP contribution in [-0.2, 0) is 0 Å². The molecular formula is C13H17FN2O3. The molecular weight excluding hydrogens is 251 g/mol. The van der Waals surface area contributed by atoms with E-state index in [0.29, 0.717) is 6.54 Å². The zero-order chi connectivity index (χ0) is 14.6. The molecule has 0 saturated carbocycles. The number of halogens is 1. The van der Waals surface area contributed by atoms with Gasteiger partial charge in [0.25, 0.3) is 5.91 Å². The molecule has 19 heavy (non-hydrogen) atoms. The minimum atomic E-state index is -0.949. The molecule has 1 aromatic carbocycles. The van der Waals surface area contributed by atoms with Crippen molar-refractivity contribution in [2.24, 2.45) is 5.41 Å². The van der Waals surface area contributed by atoms with Gasteiger partial charge in [0, 0.05) is 18.2 Å². The topological polar surface area (TPSA) is 72.2 Å². The first-order chi connectivity index (χ1) is 8.76. The summed E-state index contributed by atoms with van der Waals surface area (Å²) in [4.78, 5) is 21.6. The molecule has 1 aromatic rings. The molecule has 0 saturated heterocycles. The molecule has 104 valence electrons. The number of carbonyl (C=O) groups excluding carboxylic acids is 1. The lowest BCUT2D eigenvalue weighted by Gasteiger charge is -2.22. The minimum absolute atomic E-state index is 0.0539. The van der Waals surface area contributed by atoms with Crippen LogP contribution in [0.5, 0.6) is 0 Å². The molecule has 1 N–H and O–H groups in total. The van der Waals surface area contributed by atoms with Crippen LogP contribution in [0.3, 0.4) is 0 Å². The third-order valence-corrected chi connectivity index (χ3v) is 3.09.